The van der Waals surface area contributed by atoms with Crippen LogP contribution in [0, 0.1) is 11.8 Å². The summed E-state index contributed by atoms with van der Waals surface area (Å²) in [5.41, 5.74) is 0. The Morgan fingerprint density at radius 3 is 2.52 bits per heavy atom. The second-order valence-electron chi connectivity index (χ2n) is 6.84. The van der Waals surface area contributed by atoms with Gasteiger partial charge in [-0.2, -0.15) is 0 Å². The van der Waals surface area contributed by atoms with E-state index in [0.717, 1.165) is 38.3 Å². The van der Waals surface area contributed by atoms with Crippen LogP contribution in [0.25, 0.3) is 0 Å². The molecule has 21 heavy (non-hydrogen) atoms. The van der Waals surface area contributed by atoms with E-state index in [-0.39, 0.29) is 18.3 Å². The first-order chi connectivity index (χ1) is 9.58. The minimum Gasteiger partial charge on any atom is -0.352 e. The van der Waals surface area contributed by atoms with Crippen molar-refractivity contribution in [3.8, 4) is 0 Å². The van der Waals surface area contributed by atoms with Gasteiger partial charge in [0.2, 0.25) is 5.91 Å². The van der Waals surface area contributed by atoms with E-state index in [1.807, 2.05) is 0 Å². The van der Waals surface area contributed by atoms with Gasteiger partial charge in [-0.1, -0.05) is 26.7 Å². The van der Waals surface area contributed by atoms with Crippen LogP contribution in [0.2, 0.25) is 0 Å². The number of hydrogen-bond acceptors (Lipinski definition) is 3. The number of nitrogens with one attached hydrogen (secondary N) is 2. The molecule has 5 heteroatoms. The van der Waals surface area contributed by atoms with Crippen molar-refractivity contribution in [3.63, 3.8) is 0 Å². The first kappa shape index (κ1) is 18.7. The summed E-state index contributed by atoms with van der Waals surface area (Å²) in [6, 6.07) is 0.942. The van der Waals surface area contributed by atoms with Crippen LogP contribution in [-0.2, 0) is 4.79 Å². The molecule has 2 N–H and O–H groups in total. The van der Waals surface area contributed by atoms with E-state index in [9.17, 15) is 4.79 Å². The van der Waals surface area contributed by atoms with Gasteiger partial charge < -0.3 is 10.6 Å². The first-order valence-corrected chi connectivity index (χ1v) is 8.28. The second kappa shape index (κ2) is 8.96. The minimum atomic E-state index is 0. The number of piperidine rings is 1. The molecule has 3 unspecified atom stereocenters. The summed E-state index contributed by atoms with van der Waals surface area (Å²) < 4.78 is 0. The van der Waals surface area contributed by atoms with Crippen molar-refractivity contribution >= 4 is 18.3 Å². The molecular weight excluding hydrogens is 286 g/mol. The summed E-state index contributed by atoms with van der Waals surface area (Å²) in [5, 5.41) is 6.64. The smallest absolute Gasteiger partial charge is 0.234 e. The van der Waals surface area contributed by atoms with Gasteiger partial charge in [0.1, 0.15) is 0 Å². The monoisotopic (exact) mass is 317 g/mol. The molecule has 4 nitrogen and oxygen atoms in total. The molecule has 1 heterocycles. The van der Waals surface area contributed by atoms with Crippen LogP contribution in [0.4, 0.5) is 0 Å². The van der Waals surface area contributed by atoms with Crippen molar-refractivity contribution in [3.05, 3.63) is 0 Å². The van der Waals surface area contributed by atoms with Crippen molar-refractivity contribution < 1.29 is 4.79 Å². The number of likely N-dealkylation sites (N-methyl/N-ethyl adjacent to an activating group) is 1. The van der Waals surface area contributed by atoms with Crippen LogP contribution in [0.15, 0.2) is 0 Å². The maximum absolute atomic E-state index is 12.2. The number of rotatable bonds is 4. The van der Waals surface area contributed by atoms with Gasteiger partial charge in [-0.05, 0) is 51.2 Å². The number of halogens is 1. The lowest BCUT2D eigenvalue weighted by atomic mass is 9.78. The van der Waals surface area contributed by atoms with E-state index < -0.39 is 0 Å². The molecule has 1 amide bonds. The van der Waals surface area contributed by atoms with E-state index in [2.05, 4.69) is 36.4 Å². The molecule has 1 aliphatic heterocycles. The summed E-state index contributed by atoms with van der Waals surface area (Å²) in [4.78, 5) is 14.5. The van der Waals surface area contributed by atoms with Crippen LogP contribution >= 0.6 is 12.4 Å². The summed E-state index contributed by atoms with van der Waals surface area (Å²) in [7, 11) is 2.09. The third-order valence-corrected chi connectivity index (χ3v) is 5.38. The predicted octanol–water partition coefficient (Wildman–Crippen LogP) is 2.03. The molecule has 1 saturated heterocycles. The zero-order valence-electron chi connectivity index (χ0n) is 13.7. The summed E-state index contributed by atoms with van der Waals surface area (Å²) in [6.45, 7) is 7.29. The summed E-state index contributed by atoms with van der Waals surface area (Å²) in [5.74, 6) is 1.55. The van der Waals surface area contributed by atoms with Crippen molar-refractivity contribution in [1.82, 2.24) is 15.5 Å². The molecule has 2 rings (SSSR count). The van der Waals surface area contributed by atoms with Crippen LogP contribution < -0.4 is 10.6 Å². The topological polar surface area (TPSA) is 44.4 Å². The Morgan fingerprint density at radius 1 is 1.19 bits per heavy atom. The van der Waals surface area contributed by atoms with Crippen molar-refractivity contribution in [2.24, 2.45) is 11.8 Å². The van der Waals surface area contributed by atoms with Gasteiger partial charge >= 0.3 is 0 Å². The number of nitrogens with zero attached hydrogens (tertiary/aromatic N) is 1. The van der Waals surface area contributed by atoms with Crippen LogP contribution in [0.5, 0.6) is 0 Å². The molecule has 2 aliphatic rings. The quantitative estimate of drug-likeness (QED) is 0.834. The van der Waals surface area contributed by atoms with Crippen molar-refractivity contribution in [2.75, 3.05) is 26.7 Å². The summed E-state index contributed by atoms with van der Waals surface area (Å²) >= 11 is 0. The Labute approximate surface area is 135 Å². The molecule has 2 fully saturated rings. The first-order valence-electron chi connectivity index (χ1n) is 8.28. The zero-order chi connectivity index (χ0) is 14.5. The molecular formula is C16H32ClN3O. The number of hydrogen-bond donors (Lipinski definition) is 2. The Bertz CT molecular complexity index is 321. The van der Waals surface area contributed by atoms with Crippen LogP contribution in [0.1, 0.15) is 46.0 Å². The molecule has 3 atom stereocenters. The van der Waals surface area contributed by atoms with E-state index in [0.29, 0.717) is 24.5 Å². The number of carbonyl (C=O) groups excluding carboxylic acids is 1. The third kappa shape index (κ3) is 5.42. The summed E-state index contributed by atoms with van der Waals surface area (Å²) in [6.07, 6.45) is 6.01. The number of carbonyl (C=O) groups is 1. The Kier molecular flexibility index (Phi) is 7.99. The highest BCUT2D eigenvalue weighted by atomic mass is 35.5. The van der Waals surface area contributed by atoms with E-state index >= 15 is 0 Å². The molecule has 0 spiro atoms. The average Bonchev–Trinajstić information content (AvgIpc) is 2.45. The Morgan fingerprint density at radius 2 is 1.86 bits per heavy atom. The zero-order valence-corrected chi connectivity index (χ0v) is 14.5. The average molecular weight is 318 g/mol. The van der Waals surface area contributed by atoms with E-state index in [1.54, 1.807) is 0 Å². The lowest BCUT2D eigenvalue weighted by molar-refractivity contribution is -0.124. The SMILES string of the molecule is CC1CCCC(NC(=O)CN(C)C2CCNCC2)C1C.Cl. The molecule has 1 saturated carbocycles. The van der Waals surface area contributed by atoms with Gasteiger partial charge in [-0.3, -0.25) is 9.69 Å². The fraction of sp³-hybridized carbons (Fsp3) is 0.938. The largest absolute Gasteiger partial charge is 0.352 e. The number of amides is 1. The Balaban J connectivity index is 0.00000220. The van der Waals surface area contributed by atoms with Gasteiger partial charge in [-0.25, -0.2) is 0 Å². The maximum atomic E-state index is 12.2. The predicted molar refractivity (Wildman–Crippen MR) is 89.9 cm³/mol. The highest BCUT2D eigenvalue weighted by Gasteiger charge is 2.28. The van der Waals surface area contributed by atoms with Gasteiger partial charge in [0.15, 0.2) is 0 Å². The minimum absolute atomic E-state index is 0. The van der Waals surface area contributed by atoms with Crippen LogP contribution in [-0.4, -0.2) is 49.6 Å². The molecule has 124 valence electrons. The molecule has 0 radical (unpaired) electrons. The fourth-order valence-electron chi connectivity index (χ4n) is 3.64. The standard InChI is InChI=1S/C16H31N3O.ClH/c1-12-5-4-6-15(13(12)2)18-16(20)11-19(3)14-7-9-17-10-8-14;/h12-15,17H,4-11H2,1-3H3,(H,18,20);1H. The van der Waals surface area contributed by atoms with Gasteiger partial charge in [0, 0.05) is 12.1 Å². The second-order valence-corrected chi connectivity index (χ2v) is 6.84. The van der Waals surface area contributed by atoms with Crippen LogP contribution in [0.3, 0.4) is 0 Å². The normalized spacial score (nSPS) is 30.8. The molecule has 0 aromatic carbocycles. The van der Waals surface area contributed by atoms with Gasteiger partial charge in [0.05, 0.1) is 6.54 Å². The van der Waals surface area contributed by atoms with Crippen molar-refractivity contribution in [2.45, 2.75) is 58.0 Å². The maximum Gasteiger partial charge on any atom is 0.234 e. The third-order valence-electron chi connectivity index (χ3n) is 5.38. The fourth-order valence-corrected chi connectivity index (χ4v) is 3.64. The lowest BCUT2D eigenvalue weighted by Crippen LogP contribution is -2.49. The van der Waals surface area contributed by atoms with Gasteiger partial charge in [0.25, 0.3) is 0 Å². The lowest BCUT2D eigenvalue weighted by Gasteiger charge is -2.36. The highest BCUT2D eigenvalue weighted by Crippen LogP contribution is 2.29. The highest BCUT2D eigenvalue weighted by molar-refractivity contribution is 5.85. The molecule has 0 aromatic rings. The molecule has 0 aromatic heterocycles. The van der Waals surface area contributed by atoms with E-state index in [1.165, 1.54) is 12.8 Å². The van der Waals surface area contributed by atoms with E-state index in [4.69, 9.17) is 0 Å². The van der Waals surface area contributed by atoms with Crippen molar-refractivity contribution in [1.29, 1.82) is 0 Å². The molecule has 0 bridgehead atoms. The van der Waals surface area contributed by atoms with Gasteiger partial charge in [-0.15, -0.1) is 12.4 Å². The Hall–Kier alpha value is -0.320. The molecule has 1 aliphatic carbocycles.